The molecule has 0 radical (unpaired) electrons. The van der Waals surface area contributed by atoms with E-state index in [0.29, 0.717) is 11.2 Å². The van der Waals surface area contributed by atoms with Crippen LogP contribution in [-0.4, -0.2) is 37.2 Å². The van der Waals surface area contributed by atoms with Gasteiger partial charge in [-0.25, -0.2) is 0 Å². The summed E-state index contributed by atoms with van der Waals surface area (Å²) >= 11 is 0.259. The molecule has 86 valence electrons. The first-order valence-corrected chi connectivity index (χ1v) is 7.29. The van der Waals surface area contributed by atoms with Crippen LogP contribution >= 0.6 is 0 Å². The summed E-state index contributed by atoms with van der Waals surface area (Å²) in [6.07, 6.45) is 1.31. The summed E-state index contributed by atoms with van der Waals surface area (Å²) in [4.78, 5) is 11.7. The summed E-state index contributed by atoms with van der Waals surface area (Å²) in [5.41, 5.74) is 0. The molecule has 0 bridgehead atoms. The third kappa shape index (κ3) is 2.29. The van der Waals surface area contributed by atoms with Crippen LogP contribution in [0.2, 0.25) is 4.82 Å². The van der Waals surface area contributed by atoms with Gasteiger partial charge in [0.1, 0.15) is 0 Å². The van der Waals surface area contributed by atoms with E-state index in [1.807, 2.05) is 25.1 Å². The van der Waals surface area contributed by atoms with Gasteiger partial charge in [-0.15, -0.1) is 0 Å². The van der Waals surface area contributed by atoms with Gasteiger partial charge in [-0.2, -0.15) is 0 Å². The maximum absolute atomic E-state index is 11.4. The Labute approximate surface area is 102 Å². The van der Waals surface area contributed by atoms with E-state index in [4.69, 9.17) is 0 Å². The van der Waals surface area contributed by atoms with Crippen LogP contribution in [0.3, 0.4) is 0 Å². The minimum atomic E-state index is -0.130. The molecule has 2 rings (SSSR count). The number of carbonyl (C=O) groups excluding carboxylic acids is 1. The molecule has 0 saturated carbocycles. The van der Waals surface area contributed by atoms with E-state index in [-0.39, 0.29) is 26.9 Å². The van der Waals surface area contributed by atoms with Crippen LogP contribution in [0.5, 0.6) is 0 Å². The number of carbonyl (C=O) groups is 1. The molecule has 1 aliphatic heterocycles. The molecule has 3 nitrogen and oxygen atoms in total. The van der Waals surface area contributed by atoms with Gasteiger partial charge in [0, 0.05) is 0 Å². The monoisotopic (exact) mass is 285 g/mol. The molecule has 0 spiro atoms. The minimum absolute atomic E-state index is 0.00714. The summed E-state index contributed by atoms with van der Waals surface area (Å²) < 4.78 is 1.29. The van der Waals surface area contributed by atoms with Gasteiger partial charge in [-0.1, -0.05) is 0 Å². The Bertz CT molecular complexity index is 369. The van der Waals surface area contributed by atoms with Crippen LogP contribution in [-0.2, 0) is 4.79 Å². The average molecular weight is 284 g/mol. The second kappa shape index (κ2) is 5.00. The fraction of sp³-hybridized carbons (Fsp3) is 0.417. The van der Waals surface area contributed by atoms with Crippen molar-refractivity contribution in [1.82, 2.24) is 5.06 Å². The quantitative estimate of drug-likeness (QED) is 0.669. The van der Waals surface area contributed by atoms with Crippen molar-refractivity contribution in [3.8, 4) is 0 Å². The number of rotatable bonds is 3. The van der Waals surface area contributed by atoms with E-state index in [1.165, 1.54) is 4.46 Å². The molecule has 16 heavy (non-hydrogen) atoms. The molecule has 1 aromatic rings. The van der Waals surface area contributed by atoms with E-state index in [2.05, 4.69) is 12.1 Å². The second-order valence-electron chi connectivity index (χ2n) is 3.89. The number of hydrogen-bond donors (Lipinski definition) is 1. The van der Waals surface area contributed by atoms with Crippen LogP contribution < -0.4 is 4.46 Å². The van der Waals surface area contributed by atoms with Crippen molar-refractivity contribution in [2.24, 2.45) is 0 Å². The number of hydrogen-bond acceptors (Lipinski definition) is 2. The second-order valence-corrected chi connectivity index (χ2v) is 6.64. The van der Waals surface area contributed by atoms with Crippen LogP contribution in [0, 0.1) is 0 Å². The van der Waals surface area contributed by atoms with Crippen LogP contribution in [0.1, 0.15) is 19.8 Å². The predicted molar refractivity (Wildman–Crippen MR) is 62.9 cm³/mol. The Morgan fingerprint density at radius 1 is 1.44 bits per heavy atom. The Morgan fingerprint density at radius 2 is 2.12 bits per heavy atom. The summed E-state index contributed by atoms with van der Waals surface area (Å²) in [6.45, 7) is 2.01. The zero-order valence-corrected chi connectivity index (χ0v) is 10.9. The molecule has 1 N–H and O–H groups in total. The first-order valence-electron chi connectivity index (χ1n) is 5.45. The van der Waals surface area contributed by atoms with Gasteiger partial charge in [0.25, 0.3) is 0 Å². The van der Waals surface area contributed by atoms with Crippen molar-refractivity contribution in [2.45, 2.75) is 30.6 Å². The Balaban J connectivity index is 2.08. The van der Waals surface area contributed by atoms with Gasteiger partial charge >= 0.3 is 101 Å². The molecule has 0 aromatic heterocycles. The summed E-state index contributed by atoms with van der Waals surface area (Å²) in [5.74, 6) is -0.130. The van der Waals surface area contributed by atoms with Gasteiger partial charge in [0.05, 0.1) is 0 Å². The number of amides is 1. The molecular formula is C12H15NO2Se. The topological polar surface area (TPSA) is 40.5 Å². The fourth-order valence-electron chi connectivity index (χ4n) is 1.97. The van der Waals surface area contributed by atoms with E-state index >= 15 is 0 Å². The molecule has 2 atom stereocenters. The molecule has 2 unspecified atom stereocenters. The third-order valence-corrected chi connectivity index (χ3v) is 5.61. The van der Waals surface area contributed by atoms with E-state index in [0.717, 1.165) is 11.5 Å². The molecule has 1 saturated heterocycles. The molecular weight excluding hydrogens is 269 g/mol. The molecule has 1 amide bonds. The summed E-state index contributed by atoms with van der Waals surface area (Å²) in [7, 11) is 0. The normalized spacial score (nSPS) is 25.1. The molecule has 1 aliphatic rings. The number of nitrogens with zero attached hydrogens (tertiary/aromatic N) is 1. The number of benzene rings is 1. The summed E-state index contributed by atoms with van der Waals surface area (Å²) in [6, 6.07) is 10.2. The van der Waals surface area contributed by atoms with Crippen molar-refractivity contribution < 1.29 is 10.0 Å². The van der Waals surface area contributed by atoms with Crippen molar-refractivity contribution in [2.75, 3.05) is 0 Å². The van der Waals surface area contributed by atoms with Gasteiger partial charge in [0.2, 0.25) is 0 Å². The zero-order chi connectivity index (χ0) is 11.5. The first-order chi connectivity index (χ1) is 7.72. The molecule has 1 heterocycles. The summed E-state index contributed by atoms with van der Waals surface area (Å²) in [5, 5.41) is 10.5. The van der Waals surface area contributed by atoms with Crippen molar-refractivity contribution in [3.63, 3.8) is 0 Å². The van der Waals surface area contributed by atoms with Crippen molar-refractivity contribution in [1.29, 1.82) is 0 Å². The molecule has 4 heteroatoms. The maximum atomic E-state index is 11.4. The van der Waals surface area contributed by atoms with E-state index in [1.54, 1.807) is 0 Å². The first kappa shape index (κ1) is 11.6. The predicted octanol–water partition coefficient (Wildman–Crippen LogP) is 1.20. The van der Waals surface area contributed by atoms with Gasteiger partial charge < -0.3 is 0 Å². The number of hydroxylamine groups is 2. The van der Waals surface area contributed by atoms with Crippen molar-refractivity contribution in [3.05, 3.63) is 30.3 Å². The van der Waals surface area contributed by atoms with Gasteiger partial charge in [-0.3, -0.25) is 0 Å². The van der Waals surface area contributed by atoms with Gasteiger partial charge in [-0.05, 0) is 0 Å². The Kier molecular flexibility index (Phi) is 3.64. The Morgan fingerprint density at radius 3 is 2.75 bits per heavy atom. The van der Waals surface area contributed by atoms with E-state index < -0.39 is 0 Å². The standard InChI is InChI=1S/C12H15NO2Se/c1-2-10-11(8-12(14)13(10)15)16-9-6-4-3-5-7-9/h3-7,10-11,15H,2,8H2,1H3. The molecule has 1 fully saturated rings. The third-order valence-electron chi connectivity index (χ3n) is 2.82. The Hall–Kier alpha value is -0.831. The molecule has 0 aliphatic carbocycles. The fourth-order valence-corrected chi connectivity index (χ4v) is 4.82. The van der Waals surface area contributed by atoms with Crippen LogP contribution in [0.15, 0.2) is 30.3 Å². The zero-order valence-electron chi connectivity index (χ0n) is 9.17. The van der Waals surface area contributed by atoms with Crippen LogP contribution in [0.25, 0.3) is 0 Å². The van der Waals surface area contributed by atoms with Crippen molar-refractivity contribution >= 4 is 25.3 Å². The van der Waals surface area contributed by atoms with E-state index in [9.17, 15) is 10.0 Å². The van der Waals surface area contributed by atoms with Gasteiger partial charge in [0.15, 0.2) is 0 Å². The SMILES string of the molecule is CCC1C([Se]c2ccccc2)CC(=O)N1O. The average Bonchev–Trinajstić information content (AvgIpc) is 2.56. The molecule has 1 aromatic carbocycles. The van der Waals surface area contributed by atoms with Crippen LogP contribution in [0.4, 0.5) is 0 Å².